The summed E-state index contributed by atoms with van der Waals surface area (Å²) in [6.07, 6.45) is 4.19. The number of nitrogens with one attached hydrogen (secondary N) is 2. The number of amides is 1. The first-order valence-electron chi connectivity index (χ1n) is 4.15. The Morgan fingerprint density at radius 3 is 2.73 bits per heavy atom. The highest BCUT2D eigenvalue weighted by Crippen LogP contribution is 1.98. The van der Waals surface area contributed by atoms with Crippen LogP contribution in [0.4, 0.5) is 0 Å². The fraction of sp³-hybridized carbons (Fsp3) is 0.875. The van der Waals surface area contributed by atoms with Crippen molar-refractivity contribution in [1.82, 2.24) is 10.6 Å². The molecule has 0 bridgehead atoms. The third kappa shape index (κ3) is 7.33. The van der Waals surface area contributed by atoms with Gasteiger partial charge in [0.15, 0.2) is 0 Å². The van der Waals surface area contributed by atoms with Crippen LogP contribution < -0.4 is 10.6 Å². The van der Waals surface area contributed by atoms with Gasteiger partial charge in [-0.15, -0.1) is 0 Å². The third-order valence-corrected chi connectivity index (χ3v) is 1.67. The van der Waals surface area contributed by atoms with Crippen molar-refractivity contribution in [3.05, 3.63) is 0 Å². The van der Waals surface area contributed by atoms with Crippen LogP contribution in [-0.4, -0.2) is 26.0 Å². The largest absolute Gasteiger partial charge is 0.356 e. The molecule has 0 saturated heterocycles. The van der Waals surface area contributed by atoms with Gasteiger partial charge in [0.1, 0.15) is 0 Å². The van der Waals surface area contributed by atoms with Crippen LogP contribution in [0.1, 0.15) is 26.2 Å². The van der Waals surface area contributed by atoms with Crippen molar-refractivity contribution in [3.8, 4) is 0 Å². The van der Waals surface area contributed by atoms with Crippen LogP contribution in [0.5, 0.6) is 0 Å². The van der Waals surface area contributed by atoms with E-state index in [0.717, 1.165) is 19.4 Å². The van der Waals surface area contributed by atoms with Crippen molar-refractivity contribution < 1.29 is 4.79 Å². The lowest BCUT2D eigenvalue weighted by atomic mass is 10.1. The maximum absolute atomic E-state index is 9.98. The topological polar surface area (TPSA) is 41.1 Å². The van der Waals surface area contributed by atoms with Crippen molar-refractivity contribution in [2.45, 2.75) is 32.2 Å². The van der Waals surface area contributed by atoms with E-state index in [2.05, 4.69) is 10.6 Å². The second-order valence-corrected chi connectivity index (χ2v) is 2.78. The van der Waals surface area contributed by atoms with E-state index >= 15 is 0 Å². The van der Waals surface area contributed by atoms with E-state index in [1.165, 1.54) is 12.8 Å². The van der Waals surface area contributed by atoms with Gasteiger partial charge in [0.2, 0.25) is 6.41 Å². The van der Waals surface area contributed by atoms with Gasteiger partial charge in [-0.25, -0.2) is 0 Å². The Hall–Kier alpha value is -0.570. The standard InChI is InChI=1S/C8H18N2O/c1-8(10-7-11)5-3-4-6-9-2/h7-9H,3-6H2,1-2H3,(H,10,11). The summed E-state index contributed by atoms with van der Waals surface area (Å²) in [4.78, 5) is 9.98. The zero-order chi connectivity index (χ0) is 8.53. The third-order valence-electron chi connectivity index (χ3n) is 1.67. The molecular formula is C8H18N2O. The SMILES string of the molecule is CNCCCCC(C)NC=O. The first kappa shape index (κ1) is 10.4. The molecule has 2 N–H and O–H groups in total. The van der Waals surface area contributed by atoms with E-state index in [1.54, 1.807) is 0 Å². The maximum atomic E-state index is 9.98. The monoisotopic (exact) mass is 158 g/mol. The summed E-state index contributed by atoms with van der Waals surface area (Å²) in [6.45, 7) is 3.08. The number of unbranched alkanes of at least 4 members (excludes halogenated alkanes) is 1. The second-order valence-electron chi connectivity index (χ2n) is 2.78. The molecule has 3 heteroatoms. The van der Waals surface area contributed by atoms with E-state index < -0.39 is 0 Å². The zero-order valence-electron chi connectivity index (χ0n) is 7.39. The molecule has 0 aliphatic heterocycles. The van der Waals surface area contributed by atoms with Gasteiger partial charge in [-0.3, -0.25) is 4.79 Å². The molecular weight excluding hydrogens is 140 g/mol. The summed E-state index contributed by atoms with van der Waals surface area (Å²) in [5, 5.41) is 5.80. The first-order valence-corrected chi connectivity index (χ1v) is 4.15. The fourth-order valence-corrected chi connectivity index (χ4v) is 0.952. The van der Waals surface area contributed by atoms with Gasteiger partial charge in [-0.2, -0.15) is 0 Å². The van der Waals surface area contributed by atoms with Gasteiger partial charge in [-0.1, -0.05) is 6.42 Å². The molecule has 66 valence electrons. The molecule has 0 fully saturated rings. The minimum atomic E-state index is 0.323. The van der Waals surface area contributed by atoms with E-state index in [9.17, 15) is 4.79 Å². The zero-order valence-corrected chi connectivity index (χ0v) is 7.39. The van der Waals surface area contributed by atoms with E-state index in [4.69, 9.17) is 0 Å². The van der Waals surface area contributed by atoms with Crippen LogP contribution >= 0.6 is 0 Å². The smallest absolute Gasteiger partial charge is 0.207 e. The number of carbonyl (C=O) groups is 1. The lowest BCUT2D eigenvalue weighted by molar-refractivity contribution is -0.110. The van der Waals surface area contributed by atoms with Gasteiger partial charge >= 0.3 is 0 Å². The Morgan fingerprint density at radius 2 is 2.18 bits per heavy atom. The predicted molar refractivity (Wildman–Crippen MR) is 46.4 cm³/mol. The summed E-state index contributed by atoms with van der Waals surface area (Å²) < 4.78 is 0. The van der Waals surface area contributed by atoms with E-state index in [1.807, 2.05) is 14.0 Å². The van der Waals surface area contributed by atoms with Gasteiger partial charge in [0, 0.05) is 6.04 Å². The number of carbonyl (C=O) groups excluding carboxylic acids is 1. The van der Waals surface area contributed by atoms with Crippen molar-refractivity contribution in [2.24, 2.45) is 0 Å². The minimum absolute atomic E-state index is 0.323. The summed E-state index contributed by atoms with van der Waals surface area (Å²) in [6, 6.07) is 0.323. The summed E-state index contributed by atoms with van der Waals surface area (Å²) in [7, 11) is 1.95. The number of rotatable bonds is 7. The highest BCUT2D eigenvalue weighted by Gasteiger charge is 1.97. The highest BCUT2D eigenvalue weighted by molar-refractivity contribution is 5.46. The van der Waals surface area contributed by atoms with Crippen LogP contribution in [0.2, 0.25) is 0 Å². The van der Waals surface area contributed by atoms with Crippen LogP contribution in [0.15, 0.2) is 0 Å². The van der Waals surface area contributed by atoms with Crippen molar-refractivity contribution in [1.29, 1.82) is 0 Å². The Balaban J connectivity index is 3.03. The molecule has 0 aromatic rings. The normalized spacial score (nSPS) is 12.5. The van der Waals surface area contributed by atoms with Gasteiger partial charge in [-0.05, 0) is 33.4 Å². The van der Waals surface area contributed by atoms with Gasteiger partial charge in [0.05, 0.1) is 0 Å². The molecule has 0 aromatic carbocycles. The lowest BCUT2D eigenvalue weighted by Crippen LogP contribution is -2.24. The Kier molecular flexibility index (Phi) is 7.15. The summed E-state index contributed by atoms with van der Waals surface area (Å²) in [5.41, 5.74) is 0. The van der Waals surface area contributed by atoms with Crippen LogP contribution in [0.3, 0.4) is 0 Å². The van der Waals surface area contributed by atoms with Gasteiger partial charge in [0.25, 0.3) is 0 Å². The number of hydrogen-bond acceptors (Lipinski definition) is 2. The second kappa shape index (κ2) is 7.54. The molecule has 1 atom stereocenters. The summed E-state index contributed by atoms with van der Waals surface area (Å²) in [5.74, 6) is 0. The summed E-state index contributed by atoms with van der Waals surface area (Å²) >= 11 is 0. The number of hydrogen-bond donors (Lipinski definition) is 2. The lowest BCUT2D eigenvalue weighted by Gasteiger charge is -2.08. The average molecular weight is 158 g/mol. The van der Waals surface area contributed by atoms with Crippen molar-refractivity contribution in [2.75, 3.05) is 13.6 Å². The molecule has 1 amide bonds. The Bertz CT molecular complexity index is 96.1. The molecule has 11 heavy (non-hydrogen) atoms. The minimum Gasteiger partial charge on any atom is -0.356 e. The van der Waals surface area contributed by atoms with E-state index in [-0.39, 0.29) is 0 Å². The molecule has 0 spiro atoms. The molecule has 0 heterocycles. The average Bonchev–Trinajstić information content (AvgIpc) is 1.99. The molecule has 0 aliphatic rings. The quantitative estimate of drug-likeness (QED) is 0.419. The van der Waals surface area contributed by atoms with Crippen LogP contribution in [0.25, 0.3) is 0 Å². The maximum Gasteiger partial charge on any atom is 0.207 e. The van der Waals surface area contributed by atoms with Crippen molar-refractivity contribution in [3.63, 3.8) is 0 Å². The van der Waals surface area contributed by atoms with Gasteiger partial charge < -0.3 is 10.6 Å². The van der Waals surface area contributed by atoms with Crippen molar-refractivity contribution >= 4 is 6.41 Å². The highest BCUT2D eigenvalue weighted by atomic mass is 16.1. The molecule has 0 aliphatic carbocycles. The Morgan fingerprint density at radius 1 is 1.45 bits per heavy atom. The molecule has 0 radical (unpaired) electrons. The van der Waals surface area contributed by atoms with Crippen LogP contribution in [0, 0.1) is 0 Å². The molecule has 0 saturated carbocycles. The molecule has 0 aromatic heterocycles. The van der Waals surface area contributed by atoms with E-state index in [0.29, 0.717) is 6.04 Å². The fourth-order valence-electron chi connectivity index (χ4n) is 0.952. The van der Waals surface area contributed by atoms with Crippen LogP contribution in [-0.2, 0) is 4.79 Å². The Labute approximate surface area is 68.6 Å². The first-order chi connectivity index (χ1) is 5.31. The molecule has 3 nitrogen and oxygen atoms in total. The molecule has 1 unspecified atom stereocenters. The molecule has 0 rings (SSSR count). The predicted octanol–water partition coefficient (Wildman–Crippen LogP) is 0.511.